The van der Waals surface area contributed by atoms with Crippen molar-refractivity contribution < 1.29 is 0 Å². The lowest BCUT2D eigenvalue weighted by molar-refractivity contribution is 0.633. The summed E-state index contributed by atoms with van der Waals surface area (Å²) in [7, 11) is 0. The van der Waals surface area contributed by atoms with Crippen molar-refractivity contribution in [3.63, 3.8) is 0 Å². The van der Waals surface area contributed by atoms with Crippen LogP contribution in [0.2, 0.25) is 0 Å². The number of halogens is 1. The standard InChI is InChI=1S/C35H42ClN/c1-10-37-31-19-12-24(3)22-30(31)35(8,9)32(37)20-18-28-17-16-27(33(28)36)15-14-26(5)34(6,7)29-21-23(2)11-13-25(29)4/h11-15,18-22H,5,10,16-17H2,1-4,6-9H3/b15-14+,28-18+,32-20+. The Balaban J connectivity index is 1.59. The molecular formula is C35H42ClN. The summed E-state index contributed by atoms with van der Waals surface area (Å²) in [6.07, 6.45) is 10.8. The zero-order valence-corrected chi connectivity index (χ0v) is 24.7. The van der Waals surface area contributed by atoms with Crippen molar-refractivity contribution >= 4 is 17.3 Å². The monoisotopic (exact) mass is 511 g/mol. The second-order valence-corrected chi connectivity index (χ2v) is 12.2. The molecule has 1 heterocycles. The molecule has 0 N–H and O–H groups in total. The van der Waals surface area contributed by atoms with Crippen LogP contribution in [-0.4, -0.2) is 6.54 Å². The number of aryl methyl sites for hydroxylation is 3. The number of hydrogen-bond acceptors (Lipinski definition) is 1. The molecule has 0 saturated heterocycles. The van der Waals surface area contributed by atoms with Crippen LogP contribution in [0.25, 0.3) is 0 Å². The zero-order chi connectivity index (χ0) is 27.1. The Bertz CT molecular complexity index is 1360. The number of rotatable bonds is 6. The summed E-state index contributed by atoms with van der Waals surface area (Å²) in [4.78, 5) is 2.44. The number of nitrogens with zero attached hydrogens (tertiary/aromatic N) is 1. The van der Waals surface area contributed by atoms with E-state index >= 15 is 0 Å². The van der Waals surface area contributed by atoms with Crippen LogP contribution < -0.4 is 4.90 Å². The van der Waals surface area contributed by atoms with E-state index in [0.29, 0.717) is 0 Å². The van der Waals surface area contributed by atoms with Gasteiger partial charge < -0.3 is 4.90 Å². The molecule has 1 nitrogen and oxygen atoms in total. The fraction of sp³-hybridized carbons (Fsp3) is 0.371. The average molecular weight is 512 g/mol. The maximum absolute atomic E-state index is 6.93. The summed E-state index contributed by atoms with van der Waals surface area (Å²) in [5, 5.41) is 0.887. The molecule has 0 unspecified atom stereocenters. The molecule has 0 atom stereocenters. The van der Waals surface area contributed by atoms with Crippen LogP contribution in [0.3, 0.4) is 0 Å². The number of allylic oxidation sites excluding steroid dienone is 9. The summed E-state index contributed by atoms with van der Waals surface area (Å²) < 4.78 is 0. The number of likely N-dealkylation sites (N-methyl/N-ethyl adjacent to an activating group) is 1. The lowest BCUT2D eigenvalue weighted by atomic mass is 9.75. The SMILES string of the molecule is C=C(/C=C/C1=C(Cl)C(=C/C=C2/N(CC)c3ccc(C)cc3C2(C)C)/CC1)C(C)(C)c1cc(C)ccc1C. The summed E-state index contributed by atoms with van der Waals surface area (Å²) in [5.74, 6) is 0. The minimum absolute atomic E-state index is 0.0385. The van der Waals surface area contributed by atoms with Crippen LogP contribution >= 0.6 is 11.6 Å². The lowest BCUT2D eigenvalue weighted by Gasteiger charge is -2.28. The van der Waals surface area contributed by atoms with E-state index in [1.165, 1.54) is 50.3 Å². The van der Waals surface area contributed by atoms with E-state index in [2.05, 4.69) is 128 Å². The van der Waals surface area contributed by atoms with E-state index in [9.17, 15) is 0 Å². The van der Waals surface area contributed by atoms with Crippen LogP contribution in [0.15, 0.2) is 94.7 Å². The van der Waals surface area contributed by atoms with Gasteiger partial charge in [0, 0.05) is 33.8 Å². The highest BCUT2D eigenvalue weighted by molar-refractivity contribution is 6.33. The van der Waals surface area contributed by atoms with Gasteiger partial charge in [0.25, 0.3) is 0 Å². The van der Waals surface area contributed by atoms with Crippen molar-refractivity contribution in [1.29, 1.82) is 0 Å². The Kier molecular flexibility index (Phi) is 7.50. The van der Waals surface area contributed by atoms with Gasteiger partial charge in [-0.3, -0.25) is 0 Å². The third-order valence-electron chi connectivity index (χ3n) is 8.39. The Morgan fingerprint density at radius 3 is 2.41 bits per heavy atom. The van der Waals surface area contributed by atoms with Gasteiger partial charge in [-0.2, -0.15) is 0 Å². The van der Waals surface area contributed by atoms with E-state index in [1.54, 1.807) is 0 Å². The van der Waals surface area contributed by atoms with Gasteiger partial charge in [0.1, 0.15) is 0 Å². The molecule has 0 saturated carbocycles. The van der Waals surface area contributed by atoms with Crippen LogP contribution in [-0.2, 0) is 10.8 Å². The molecule has 2 aliphatic rings. The van der Waals surface area contributed by atoms with Crippen molar-refractivity contribution in [2.45, 2.75) is 79.1 Å². The first-order valence-electron chi connectivity index (χ1n) is 13.5. The summed E-state index contributed by atoms with van der Waals surface area (Å²) in [6.45, 7) is 23.3. The van der Waals surface area contributed by atoms with Crippen molar-refractivity contribution in [3.05, 3.63) is 123 Å². The molecule has 2 aromatic carbocycles. The zero-order valence-electron chi connectivity index (χ0n) is 23.9. The van der Waals surface area contributed by atoms with Gasteiger partial charge >= 0.3 is 0 Å². The number of anilines is 1. The van der Waals surface area contributed by atoms with Gasteiger partial charge in [0.05, 0.1) is 0 Å². The van der Waals surface area contributed by atoms with Gasteiger partial charge in [-0.25, -0.2) is 0 Å². The minimum atomic E-state index is -0.146. The summed E-state index contributed by atoms with van der Waals surface area (Å²) in [6, 6.07) is 13.5. The van der Waals surface area contributed by atoms with E-state index in [1.807, 2.05) is 0 Å². The smallest absolute Gasteiger partial charge is 0.0470 e. The number of fused-ring (bicyclic) bond motifs is 1. The molecule has 0 amide bonds. The lowest BCUT2D eigenvalue weighted by Crippen LogP contribution is -2.25. The maximum atomic E-state index is 6.93. The first-order valence-corrected chi connectivity index (χ1v) is 13.9. The normalized spacial score (nSPS) is 19.5. The molecule has 0 spiro atoms. The van der Waals surface area contributed by atoms with Gasteiger partial charge in [0.2, 0.25) is 0 Å². The number of hydrogen-bond donors (Lipinski definition) is 0. The Morgan fingerprint density at radius 2 is 1.70 bits per heavy atom. The second kappa shape index (κ2) is 10.2. The first-order chi connectivity index (χ1) is 17.4. The van der Waals surface area contributed by atoms with Crippen molar-refractivity contribution in [2.75, 3.05) is 11.4 Å². The second-order valence-electron chi connectivity index (χ2n) is 11.8. The molecule has 0 bridgehead atoms. The molecule has 0 aromatic heterocycles. The maximum Gasteiger partial charge on any atom is 0.0470 e. The van der Waals surface area contributed by atoms with Crippen LogP contribution in [0.4, 0.5) is 5.69 Å². The molecule has 1 aliphatic heterocycles. The fourth-order valence-corrected chi connectivity index (χ4v) is 6.12. The number of benzene rings is 2. The molecule has 4 rings (SSSR count). The predicted molar refractivity (Wildman–Crippen MR) is 163 cm³/mol. The van der Waals surface area contributed by atoms with E-state index in [-0.39, 0.29) is 10.8 Å². The van der Waals surface area contributed by atoms with E-state index < -0.39 is 0 Å². The topological polar surface area (TPSA) is 3.24 Å². The van der Waals surface area contributed by atoms with Crippen LogP contribution in [0.1, 0.15) is 75.3 Å². The van der Waals surface area contributed by atoms with Crippen molar-refractivity contribution in [1.82, 2.24) is 0 Å². The van der Waals surface area contributed by atoms with E-state index in [4.69, 9.17) is 11.6 Å². The van der Waals surface area contributed by atoms with Gasteiger partial charge in [0.15, 0.2) is 0 Å². The third kappa shape index (κ3) is 5.04. The summed E-state index contributed by atoms with van der Waals surface area (Å²) in [5.41, 5.74) is 12.6. The molecule has 2 aromatic rings. The molecule has 0 fully saturated rings. The highest BCUT2D eigenvalue weighted by Crippen LogP contribution is 2.48. The predicted octanol–water partition coefficient (Wildman–Crippen LogP) is 9.92. The molecule has 1 aliphatic carbocycles. The van der Waals surface area contributed by atoms with Gasteiger partial charge in [-0.1, -0.05) is 106 Å². The molecule has 2 heteroatoms. The fourth-order valence-electron chi connectivity index (χ4n) is 5.81. The first kappa shape index (κ1) is 27.3. The van der Waals surface area contributed by atoms with Crippen LogP contribution in [0, 0.1) is 20.8 Å². The third-order valence-corrected chi connectivity index (χ3v) is 8.87. The van der Waals surface area contributed by atoms with Gasteiger partial charge in [-0.15, -0.1) is 0 Å². The van der Waals surface area contributed by atoms with E-state index in [0.717, 1.165) is 30.0 Å². The molecular weight excluding hydrogens is 470 g/mol. The summed E-state index contributed by atoms with van der Waals surface area (Å²) >= 11 is 6.93. The minimum Gasteiger partial charge on any atom is -0.344 e. The Morgan fingerprint density at radius 1 is 1.03 bits per heavy atom. The molecule has 0 radical (unpaired) electrons. The Hall–Kier alpha value is -2.77. The largest absolute Gasteiger partial charge is 0.344 e. The average Bonchev–Trinajstić information content (AvgIpc) is 3.30. The van der Waals surface area contributed by atoms with Crippen molar-refractivity contribution in [2.24, 2.45) is 0 Å². The van der Waals surface area contributed by atoms with Gasteiger partial charge in [-0.05, 0) is 86.1 Å². The highest BCUT2D eigenvalue weighted by atomic mass is 35.5. The molecule has 37 heavy (non-hydrogen) atoms. The van der Waals surface area contributed by atoms with Crippen LogP contribution in [0.5, 0.6) is 0 Å². The Labute approximate surface area is 229 Å². The highest BCUT2D eigenvalue weighted by Gasteiger charge is 2.39. The molecule has 194 valence electrons. The van der Waals surface area contributed by atoms with Crippen molar-refractivity contribution in [3.8, 4) is 0 Å². The quantitative estimate of drug-likeness (QED) is 0.349.